The largest absolute Gasteiger partial charge is 0.493 e. The van der Waals surface area contributed by atoms with E-state index in [2.05, 4.69) is 24.4 Å². The Balaban J connectivity index is 1.65. The summed E-state index contributed by atoms with van der Waals surface area (Å²) in [7, 11) is 0. The van der Waals surface area contributed by atoms with E-state index in [0.717, 1.165) is 22.1 Å². The summed E-state index contributed by atoms with van der Waals surface area (Å²) >= 11 is 6.00. The van der Waals surface area contributed by atoms with Crippen molar-refractivity contribution in [2.75, 3.05) is 13.2 Å². The number of fused-ring (bicyclic) bond motifs is 1. The van der Waals surface area contributed by atoms with E-state index in [1.807, 2.05) is 36.4 Å². The Bertz CT molecular complexity index is 1020. The van der Waals surface area contributed by atoms with Crippen LogP contribution in [0.3, 0.4) is 0 Å². The van der Waals surface area contributed by atoms with Crippen LogP contribution in [0.4, 0.5) is 0 Å². The van der Waals surface area contributed by atoms with E-state index in [-0.39, 0.29) is 12.5 Å². The van der Waals surface area contributed by atoms with Crippen molar-refractivity contribution < 1.29 is 14.3 Å². The first-order valence-corrected chi connectivity index (χ1v) is 9.76. The summed E-state index contributed by atoms with van der Waals surface area (Å²) in [6.07, 6.45) is 1.61. The number of nitrogens with one attached hydrogen (secondary N) is 1. The Morgan fingerprint density at radius 1 is 1.00 bits per heavy atom. The van der Waals surface area contributed by atoms with Crippen LogP contribution in [0.25, 0.3) is 10.8 Å². The molecule has 0 saturated carbocycles. The Labute approximate surface area is 175 Å². The van der Waals surface area contributed by atoms with Gasteiger partial charge < -0.3 is 9.47 Å². The first-order chi connectivity index (χ1) is 14.0. The average molecular weight is 411 g/mol. The van der Waals surface area contributed by atoms with Gasteiger partial charge in [0.15, 0.2) is 6.61 Å². The van der Waals surface area contributed by atoms with Crippen molar-refractivity contribution >= 4 is 34.5 Å². The van der Waals surface area contributed by atoms with E-state index >= 15 is 0 Å². The lowest BCUT2D eigenvalue weighted by Gasteiger charge is -2.12. The van der Waals surface area contributed by atoms with Crippen molar-refractivity contribution in [1.29, 1.82) is 0 Å². The van der Waals surface area contributed by atoms with Crippen LogP contribution in [-0.2, 0) is 4.79 Å². The second kappa shape index (κ2) is 9.94. The molecule has 6 heteroatoms. The molecule has 0 unspecified atom stereocenters. The highest BCUT2D eigenvalue weighted by Gasteiger charge is 2.07. The normalized spacial score (nSPS) is 11.2. The van der Waals surface area contributed by atoms with Crippen molar-refractivity contribution in [1.82, 2.24) is 5.43 Å². The first-order valence-electron chi connectivity index (χ1n) is 9.38. The lowest BCUT2D eigenvalue weighted by Crippen LogP contribution is -2.24. The monoisotopic (exact) mass is 410 g/mol. The van der Waals surface area contributed by atoms with Crippen LogP contribution in [0.5, 0.6) is 11.5 Å². The smallest absolute Gasteiger partial charge is 0.277 e. The number of nitrogens with zero attached hydrogens (tertiary/aromatic N) is 1. The molecular weight excluding hydrogens is 388 g/mol. The first kappa shape index (κ1) is 20.7. The van der Waals surface area contributed by atoms with Gasteiger partial charge in [-0.05, 0) is 35.6 Å². The van der Waals surface area contributed by atoms with Gasteiger partial charge in [0.05, 0.1) is 17.8 Å². The number of hydrogen-bond acceptors (Lipinski definition) is 4. The van der Waals surface area contributed by atoms with Gasteiger partial charge in [0.25, 0.3) is 5.91 Å². The third-order valence-corrected chi connectivity index (χ3v) is 4.39. The zero-order valence-electron chi connectivity index (χ0n) is 16.4. The molecule has 0 aliphatic heterocycles. The summed E-state index contributed by atoms with van der Waals surface area (Å²) in [6.45, 7) is 4.70. The van der Waals surface area contributed by atoms with Crippen molar-refractivity contribution in [3.63, 3.8) is 0 Å². The van der Waals surface area contributed by atoms with Crippen molar-refractivity contribution in [2.45, 2.75) is 13.8 Å². The maximum absolute atomic E-state index is 12.0. The summed E-state index contributed by atoms with van der Waals surface area (Å²) in [6, 6.07) is 18.8. The Morgan fingerprint density at radius 2 is 1.72 bits per heavy atom. The molecule has 3 aromatic carbocycles. The molecule has 3 aromatic rings. The van der Waals surface area contributed by atoms with E-state index in [1.54, 1.807) is 30.5 Å². The van der Waals surface area contributed by atoms with Gasteiger partial charge in [-0.15, -0.1) is 0 Å². The number of hydrazone groups is 1. The number of benzene rings is 3. The van der Waals surface area contributed by atoms with Crippen molar-refractivity contribution in [2.24, 2.45) is 11.0 Å². The third kappa shape index (κ3) is 5.72. The third-order valence-electron chi connectivity index (χ3n) is 4.08. The molecule has 0 spiro atoms. The molecular formula is C23H23ClN2O3. The van der Waals surface area contributed by atoms with Crippen molar-refractivity contribution in [3.05, 3.63) is 71.2 Å². The van der Waals surface area contributed by atoms with Crippen LogP contribution < -0.4 is 14.9 Å². The van der Waals surface area contributed by atoms with Crippen molar-refractivity contribution in [3.8, 4) is 11.5 Å². The molecule has 3 rings (SSSR count). The minimum Gasteiger partial charge on any atom is -0.493 e. The SMILES string of the molecule is CC(C)COc1ccc(/C=N\NC(=O)COc2ccccc2Cl)c2ccccc12. The number of rotatable bonds is 8. The topological polar surface area (TPSA) is 59.9 Å². The molecule has 0 radical (unpaired) electrons. The highest BCUT2D eigenvalue weighted by Crippen LogP contribution is 2.28. The predicted molar refractivity (Wildman–Crippen MR) is 117 cm³/mol. The molecule has 150 valence electrons. The van der Waals surface area contributed by atoms with Crippen LogP contribution in [-0.4, -0.2) is 25.3 Å². The van der Waals surface area contributed by atoms with Gasteiger partial charge in [-0.2, -0.15) is 5.10 Å². The molecule has 0 aliphatic carbocycles. The fraction of sp³-hybridized carbons (Fsp3) is 0.217. The lowest BCUT2D eigenvalue weighted by molar-refractivity contribution is -0.123. The molecule has 0 fully saturated rings. The molecule has 29 heavy (non-hydrogen) atoms. The van der Waals surface area contributed by atoms with Crippen LogP contribution in [0, 0.1) is 5.92 Å². The van der Waals surface area contributed by atoms with Crippen LogP contribution in [0.1, 0.15) is 19.4 Å². The Hall–Kier alpha value is -3.05. The molecule has 0 atom stereocenters. The molecule has 1 N–H and O–H groups in total. The number of amides is 1. The molecule has 0 heterocycles. The number of carbonyl (C=O) groups is 1. The molecule has 0 aliphatic rings. The number of hydrogen-bond donors (Lipinski definition) is 1. The van der Waals surface area contributed by atoms with Gasteiger partial charge >= 0.3 is 0 Å². The van der Waals surface area contributed by atoms with E-state index in [9.17, 15) is 4.79 Å². The minimum atomic E-state index is -0.373. The summed E-state index contributed by atoms with van der Waals surface area (Å²) < 4.78 is 11.3. The maximum atomic E-state index is 12.0. The minimum absolute atomic E-state index is 0.177. The number of halogens is 1. The van der Waals surface area contributed by atoms with Gasteiger partial charge in [-0.3, -0.25) is 4.79 Å². The van der Waals surface area contributed by atoms with E-state index in [1.165, 1.54) is 0 Å². The van der Waals surface area contributed by atoms with E-state index in [0.29, 0.717) is 23.3 Å². The molecule has 0 aromatic heterocycles. The zero-order chi connectivity index (χ0) is 20.6. The highest BCUT2D eigenvalue weighted by atomic mass is 35.5. The molecule has 0 saturated heterocycles. The summed E-state index contributed by atoms with van der Waals surface area (Å²) in [5.41, 5.74) is 3.35. The number of para-hydroxylation sites is 1. The fourth-order valence-electron chi connectivity index (χ4n) is 2.70. The molecule has 5 nitrogen and oxygen atoms in total. The highest BCUT2D eigenvalue weighted by molar-refractivity contribution is 6.32. The number of ether oxygens (including phenoxy) is 2. The van der Waals surface area contributed by atoms with Crippen LogP contribution in [0.2, 0.25) is 5.02 Å². The summed E-state index contributed by atoms with van der Waals surface area (Å²) in [5, 5.41) is 6.51. The standard InChI is InChI=1S/C23H23ClN2O3/c1-16(2)14-28-21-12-11-17(18-7-3-4-8-19(18)21)13-25-26-23(27)15-29-22-10-6-5-9-20(22)24/h3-13,16H,14-15H2,1-2H3,(H,26,27)/b25-13-. The quantitative estimate of drug-likeness (QED) is 0.417. The second-order valence-electron chi connectivity index (χ2n) is 6.92. The Kier molecular flexibility index (Phi) is 7.09. The van der Waals surface area contributed by atoms with Gasteiger partial charge in [0.2, 0.25) is 0 Å². The zero-order valence-corrected chi connectivity index (χ0v) is 17.1. The number of carbonyl (C=O) groups excluding carboxylic acids is 1. The van der Waals surface area contributed by atoms with E-state index < -0.39 is 0 Å². The van der Waals surface area contributed by atoms with Crippen LogP contribution in [0.15, 0.2) is 65.8 Å². The Morgan fingerprint density at radius 3 is 2.48 bits per heavy atom. The second-order valence-corrected chi connectivity index (χ2v) is 7.32. The lowest BCUT2D eigenvalue weighted by atomic mass is 10.0. The molecule has 0 bridgehead atoms. The summed E-state index contributed by atoms with van der Waals surface area (Å²) in [5.74, 6) is 1.36. The van der Waals surface area contributed by atoms with E-state index in [4.69, 9.17) is 21.1 Å². The van der Waals surface area contributed by atoms with Gasteiger partial charge in [-0.25, -0.2) is 5.43 Å². The van der Waals surface area contributed by atoms with Gasteiger partial charge in [0, 0.05) is 10.9 Å². The molecule has 1 amide bonds. The van der Waals surface area contributed by atoms with Crippen LogP contribution >= 0.6 is 11.6 Å². The maximum Gasteiger partial charge on any atom is 0.277 e. The van der Waals surface area contributed by atoms with Gasteiger partial charge in [0.1, 0.15) is 11.5 Å². The summed E-state index contributed by atoms with van der Waals surface area (Å²) in [4.78, 5) is 12.0. The van der Waals surface area contributed by atoms with Gasteiger partial charge in [-0.1, -0.05) is 61.8 Å². The average Bonchev–Trinajstić information content (AvgIpc) is 2.72. The fourth-order valence-corrected chi connectivity index (χ4v) is 2.89. The predicted octanol–water partition coefficient (Wildman–Crippen LogP) is 5.06.